The van der Waals surface area contributed by atoms with Crippen LogP contribution in [0.15, 0.2) is 0 Å². The zero-order chi connectivity index (χ0) is 12.4. The van der Waals surface area contributed by atoms with E-state index >= 15 is 0 Å². The summed E-state index contributed by atoms with van der Waals surface area (Å²) in [7, 11) is -2.87. The van der Waals surface area contributed by atoms with Crippen LogP contribution >= 0.6 is 0 Å². The third kappa shape index (κ3) is 5.30. The van der Waals surface area contributed by atoms with Crippen molar-refractivity contribution in [3.63, 3.8) is 0 Å². The van der Waals surface area contributed by atoms with Gasteiger partial charge < -0.3 is 5.32 Å². The minimum atomic E-state index is -2.87. The molecule has 0 bridgehead atoms. The summed E-state index contributed by atoms with van der Waals surface area (Å²) in [5.41, 5.74) is 0.403. The van der Waals surface area contributed by atoms with Crippen LogP contribution in [0.2, 0.25) is 0 Å². The molecule has 1 fully saturated rings. The van der Waals surface area contributed by atoms with E-state index in [0.29, 0.717) is 11.5 Å². The first-order chi connectivity index (χ1) is 7.18. The third-order valence-corrected chi connectivity index (χ3v) is 4.38. The van der Waals surface area contributed by atoms with Crippen LogP contribution in [-0.4, -0.2) is 32.5 Å². The molecule has 0 radical (unpaired) electrons. The van der Waals surface area contributed by atoms with Gasteiger partial charge in [0.15, 0.2) is 0 Å². The molecule has 0 heterocycles. The predicted molar refractivity (Wildman–Crippen MR) is 68.3 cm³/mol. The summed E-state index contributed by atoms with van der Waals surface area (Å²) < 4.78 is 22.3. The van der Waals surface area contributed by atoms with Crippen molar-refractivity contribution in [1.29, 1.82) is 0 Å². The monoisotopic (exact) mass is 247 g/mol. The maximum Gasteiger partial charge on any atom is 0.148 e. The highest BCUT2D eigenvalue weighted by Crippen LogP contribution is 2.35. The lowest BCUT2D eigenvalue weighted by Crippen LogP contribution is -2.44. The largest absolute Gasteiger partial charge is 0.310 e. The second-order valence-electron chi connectivity index (χ2n) is 6.12. The van der Waals surface area contributed by atoms with Gasteiger partial charge >= 0.3 is 0 Å². The van der Waals surface area contributed by atoms with Gasteiger partial charge in [-0.25, -0.2) is 8.42 Å². The standard InChI is InChI=1S/C12H25NO2S/c1-10(9-16(4,14)15)13-11-6-5-7-12(2,3)8-11/h10-11,13H,5-9H2,1-4H3. The van der Waals surface area contributed by atoms with Crippen molar-refractivity contribution in [2.24, 2.45) is 5.41 Å². The second kappa shape index (κ2) is 5.05. The minimum Gasteiger partial charge on any atom is -0.310 e. The number of nitrogens with one attached hydrogen (secondary N) is 1. The highest BCUT2D eigenvalue weighted by Gasteiger charge is 2.28. The van der Waals surface area contributed by atoms with Crippen LogP contribution < -0.4 is 5.32 Å². The average molecular weight is 247 g/mol. The Hall–Kier alpha value is -0.0900. The van der Waals surface area contributed by atoms with Crippen molar-refractivity contribution < 1.29 is 8.42 Å². The molecule has 96 valence electrons. The SMILES string of the molecule is CC(CS(C)(=O)=O)NC1CCCC(C)(C)C1. The molecule has 0 saturated heterocycles. The first-order valence-electron chi connectivity index (χ1n) is 6.12. The normalized spacial score (nSPS) is 27.6. The molecule has 1 rings (SSSR count). The first-order valence-corrected chi connectivity index (χ1v) is 8.18. The van der Waals surface area contributed by atoms with Gasteiger partial charge in [-0.3, -0.25) is 0 Å². The summed E-state index contributed by atoms with van der Waals surface area (Å²) in [5, 5.41) is 3.45. The molecule has 1 aliphatic carbocycles. The topological polar surface area (TPSA) is 46.2 Å². The molecule has 0 spiro atoms. The Morgan fingerprint density at radius 3 is 2.56 bits per heavy atom. The van der Waals surface area contributed by atoms with Crippen LogP contribution in [0.1, 0.15) is 46.5 Å². The van der Waals surface area contributed by atoms with Crippen LogP contribution in [0, 0.1) is 5.41 Å². The summed E-state index contributed by atoms with van der Waals surface area (Å²) in [6, 6.07) is 0.550. The number of rotatable bonds is 4. The molecule has 0 aromatic rings. The van der Waals surface area contributed by atoms with Crippen molar-refractivity contribution in [1.82, 2.24) is 5.32 Å². The number of hydrogen-bond acceptors (Lipinski definition) is 3. The molecule has 0 amide bonds. The van der Waals surface area contributed by atoms with Gasteiger partial charge in [-0.05, 0) is 31.6 Å². The summed E-state index contributed by atoms with van der Waals surface area (Å²) in [6.45, 7) is 6.55. The number of sulfone groups is 1. The van der Waals surface area contributed by atoms with Crippen molar-refractivity contribution >= 4 is 9.84 Å². The molecule has 4 heteroatoms. The molecule has 16 heavy (non-hydrogen) atoms. The van der Waals surface area contributed by atoms with E-state index in [1.54, 1.807) is 0 Å². The minimum absolute atomic E-state index is 0.0638. The van der Waals surface area contributed by atoms with Gasteiger partial charge in [-0.2, -0.15) is 0 Å². The van der Waals surface area contributed by atoms with Crippen molar-refractivity contribution in [3.05, 3.63) is 0 Å². The molecule has 0 aromatic carbocycles. The zero-order valence-electron chi connectivity index (χ0n) is 10.9. The Bertz CT molecular complexity index is 322. The molecule has 3 nitrogen and oxygen atoms in total. The molecule has 1 saturated carbocycles. The molecule has 2 unspecified atom stereocenters. The summed E-state index contributed by atoms with van der Waals surface area (Å²) in [6.07, 6.45) is 6.16. The van der Waals surface area contributed by atoms with E-state index in [1.807, 2.05) is 6.92 Å². The van der Waals surface area contributed by atoms with Gasteiger partial charge in [0.05, 0.1) is 5.75 Å². The van der Waals surface area contributed by atoms with Crippen molar-refractivity contribution in [2.45, 2.75) is 58.5 Å². The van der Waals surface area contributed by atoms with Crippen LogP contribution in [0.25, 0.3) is 0 Å². The Balaban J connectivity index is 2.42. The maximum absolute atomic E-state index is 11.2. The van der Waals surface area contributed by atoms with E-state index in [0.717, 1.165) is 6.42 Å². The summed E-state index contributed by atoms with van der Waals surface area (Å²) >= 11 is 0. The maximum atomic E-state index is 11.2. The van der Waals surface area contributed by atoms with Crippen molar-refractivity contribution in [3.8, 4) is 0 Å². The third-order valence-electron chi connectivity index (χ3n) is 3.28. The van der Waals surface area contributed by atoms with Crippen LogP contribution in [0.5, 0.6) is 0 Å². The fraction of sp³-hybridized carbons (Fsp3) is 1.00. The van der Waals surface area contributed by atoms with Gasteiger partial charge in [0, 0.05) is 18.3 Å². The zero-order valence-corrected chi connectivity index (χ0v) is 11.7. The lowest BCUT2D eigenvalue weighted by molar-refractivity contribution is 0.193. The van der Waals surface area contributed by atoms with Gasteiger partial charge in [0.1, 0.15) is 9.84 Å². The fourth-order valence-electron chi connectivity index (χ4n) is 2.75. The Morgan fingerprint density at radius 2 is 2.06 bits per heavy atom. The summed E-state index contributed by atoms with van der Waals surface area (Å²) in [4.78, 5) is 0. The van der Waals surface area contributed by atoms with Crippen LogP contribution in [-0.2, 0) is 9.84 Å². The molecular formula is C12H25NO2S. The van der Waals surface area contributed by atoms with Crippen LogP contribution in [0.3, 0.4) is 0 Å². The van der Waals surface area contributed by atoms with E-state index in [2.05, 4.69) is 19.2 Å². The first kappa shape index (κ1) is 14.0. The quantitative estimate of drug-likeness (QED) is 0.826. The van der Waals surface area contributed by atoms with Gasteiger partial charge in [0.2, 0.25) is 0 Å². The summed E-state index contributed by atoms with van der Waals surface area (Å²) in [5.74, 6) is 0.240. The Morgan fingerprint density at radius 1 is 1.44 bits per heavy atom. The smallest absolute Gasteiger partial charge is 0.148 e. The number of hydrogen-bond donors (Lipinski definition) is 1. The molecule has 1 aliphatic rings. The van der Waals surface area contributed by atoms with E-state index in [-0.39, 0.29) is 11.8 Å². The molecule has 1 N–H and O–H groups in total. The molecule has 0 aromatic heterocycles. The second-order valence-corrected chi connectivity index (χ2v) is 8.30. The van der Waals surface area contributed by atoms with Gasteiger partial charge in [0.25, 0.3) is 0 Å². The molecule has 2 atom stereocenters. The van der Waals surface area contributed by atoms with Crippen molar-refractivity contribution in [2.75, 3.05) is 12.0 Å². The predicted octanol–water partition coefficient (Wildman–Crippen LogP) is 1.98. The van der Waals surface area contributed by atoms with E-state index in [4.69, 9.17) is 0 Å². The van der Waals surface area contributed by atoms with E-state index in [9.17, 15) is 8.42 Å². The molecule has 0 aliphatic heterocycles. The lowest BCUT2D eigenvalue weighted by Gasteiger charge is -2.37. The average Bonchev–Trinajstić information content (AvgIpc) is 1.96. The highest BCUT2D eigenvalue weighted by molar-refractivity contribution is 7.90. The van der Waals surface area contributed by atoms with E-state index < -0.39 is 9.84 Å². The lowest BCUT2D eigenvalue weighted by atomic mass is 9.75. The van der Waals surface area contributed by atoms with Gasteiger partial charge in [-0.1, -0.05) is 20.3 Å². The Labute approximate surface area is 99.9 Å². The fourth-order valence-corrected chi connectivity index (χ4v) is 3.75. The van der Waals surface area contributed by atoms with E-state index in [1.165, 1.54) is 25.5 Å². The Kier molecular flexibility index (Phi) is 4.41. The highest BCUT2D eigenvalue weighted by atomic mass is 32.2. The van der Waals surface area contributed by atoms with Crippen LogP contribution in [0.4, 0.5) is 0 Å². The molecular weight excluding hydrogens is 222 g/mol. The van der Waals surface area contributed by atoms with Gasteiger partial charge in [-0.15, -0.1) is 0 Å².